The molecule has 20 heavy (non-hydrogen) atoms. The Bertz CT molecular complexity index is 694. The predicted molar refractivity (Wildman–Crippen MR) is 72.1 cm³/mol. The molecule has 0 radical (unpaired) electrons. The number of benzene rings is 1. The number of aliphatic carboxylic acids is 1. The highest BCUT2D eigenvalue weighted by Gasteiger charge is 2.39. The fraction of sp³-hybridized carbons (Fsp3) is 0.143. The molecule has 0 fully saturated rings. The van der Waals surface area contributed by atoms with Crippen LogP contribution in [-0.4, -0.2) is 23.0 Å². The molecule has 0 saturated heterocycles. The molecule has 1 aliphatic heterocycles. The zero-order chi connectivity index (χ0) is 14.3. The van der Waals surface area contributed by atoms with E-state index in [9.17, 15) is 14.7 Å². The van der Waals surface area contributed by atoms with Crippen LogP contribution in [0, 0.1) is 0 Å². The number of fused-ring (bicyclic) bond motifs is 1. The number of hydrogen-bond acceptors (Lipinski definition) is 3. The third-order valence-electron chi connectivity index (χ3n) is 3.33. The molecule has 2 heterocycles. The van der Waals surface area contributed by atoms with Gasteiger partial charge in [0.25, 0.3) is 5.91 Å². The van der Waals surface area contributed by atoms with E-state index in [1.807, 2.05) is 12.1 Å². The Balaban J connectivity index is 2.07. The Morgan fingerprint density at radius 2 is 2.05 bits per heavy atom. The number of halogens is 1. The van der Waals surface area contributed by atoms with Gasteiger partial charge in [0.2, 0.25) is 5.22 Å². The van der Waals surface area contributed by atoms with Crippen LogP contribution in [0.25, 0.3) is 0 Å². The van der Waals surface area contributed by atoms with E-state index in [1.54, 1.807) is 12.1 Å². The van der Waals surface area contributed by atoms with Crippen LogP contribution in [-0.2, 0) is 11.2 Å². The molecule has 0 saturated carbocycles. The molecule has 3 rings (SSSR count). The molecule has 1 aromatic heterocycles. The molecule has 1 N–H and O–H groups in total. The average molecular weight is 292 g/mol. The van der Waals surface area contributed by atoms with E-state index in [2.05, 4.69) is 0 Å². The third-order valence-corrected chi connectivity index (χ3v) is 3.62. The molecule has 102 valence electrons. The number of hydrogen-bond donors (Lipinski definition) is 1. The lowest BCUT2D eigenvalue weighted by atomic mass is 10.1. The number of anilines is 1. The van der Waals surface area contributed by atoms with Gasteiger partial charge in [-0.3, -0.25) is 9.69 Å². The van der Waals surface area contributed by atoms with Crippen molar-refractivity contribution in [3.8, 4) is 0 Å². The Kier molecular flexibility index (Phi) is 2.99. The minimum Gasteiger partial charge on any atom is -0.480 e. The van der Waals surface area contributed by atoms with Crippen molar-refractivity contribution in [2.24, 2.45) is 0 Å². The molecule has 0 unspecified atom stereocenters. The third kappa shape index (κ3) is 1.87. The first kappa shape index (κ1) is 12.7. The molecule has 1 aromatic carbocycles. The number of carboxylic acids is 1. The van der Waals surface area contributed by atoms with Gasteiger partial charge >= 0.3 is 5.97 Å². The lowest BCUT2D eigenvalue weighted by Crippen LogP contribution is -2.42. The van der Waals surface area contributed by atoms with Crippen LogP contribution in [0.15, 0.2) is 41.0 Å². The second kappa shape index (κ2) is 4.68. The summed E-state index contributed by atoms with van der Waals surface area (Å²) in [7, 11) is 0. The highest BCUT2D eigenvalue weighted by atomic mass is 35.5. The number of amides is 1. The molecular weight excluding hydrogens is 282 g/mol. The quantitative estimate of drug-likeness (QED) is 0.923. The van der Waals surface area contributed by atoms with Gasteiger partial charge in [0.1, 0.15) is 6.04 Å². The van der Waals surface area contributed by atoms with Gasteiger partial charge in [-0.2, -0.15) is 0 Å². The zero-order valence-corrected chi connectivity index (χ0v) is 11.0. The van der Waals surface area contributed by atoms with Crippen LogP contribution in [0.4, 0.5) is 5.69 Å². The van der Waals surface area contributed by atoms with Crippen molar-refractivity contribution in [2.45, 2.75) is 12.5 Å². The minimum atomic E-state index is -1.05. The van der Waals surface area contributed by atoms with Crippen molar-refractivity contribution in [1.82, 2.24) is 0 Å². The van der Waals surface area contributed by atoms with Crippen LogP contribution < -0.4 is 4.90 Å². The highest BCUT2D eigenvalue weighted by Crippen LogP contribution is 2.34. The zero-order valence-electron chi connectivity index (χ0n) is 10.2. The van der Waals surface area contributed by atoms with Crippen molar-refractivity contribution in [3.05, 3.63) is 52.9 Å². The molecule has 1 aliphatic rings. The summed E-state index contributed by atoms with van der Waals surface area (Å²) in [4.78, 5) is 25.2. The second-order valence-corrected chi connectivity index (χ2v) is 4.81. The molecule has 6 heteroatoms. The largest absolute Gasteiger partial charge is 0.480 e. The van der Waals surface area contributed by atoms with Crippen LogP contribution in [0.5, 0.6) is 0 Å². The van der Waals surface area contributed by atoms with Crippen LogP contribution in [0.2, 0.25) is 5.22 Å². The lowest BCUT2D eigenvalue weighted by Gasteiger charge is -2.22. The number of carbonyl (C=O) groups excluding carboxylic acids is 1. The summed E-state index contributed by atoms with van der Waals surface area (Å²) in [6.07, 6.45) is 1.58. The molecule has 0 bridgehead atoms. The summed E-state index contributed by atoms with van der Waals surface area (Å²) in [6, 6.07) is 7.63. The summed E-state index contributed by atoms with van der Waals surface area (Å²) >= 11 is 5.81. The summed E-state index contributed by atoms with van der Waals surface area (Å²) in [5.41, 5.74) is 1.59. The van der Waals surface area contributed by atoms with Crippen molar-refractivity contribution >= 4 is 29.2 Å². The fourth-order valence-electron chi connectivity index (χ4n) is 2.41. The number of rotatable bonds is 2. The number of furan rings is 1. The minimum absolute atomic E-state index is 0.0384. The Labute approximate surface area is 119 Å². The lowest BCUT2D eigenvalue weighted by molar-refractivity contribution is -0.138. The van der Waals surface area contributed by atoms with Crippen LogP contribution >= 0.6 is 11.6 Å². The predicted octanol–water partition coefficient (Wildman–Crippen LogP) is 2.59. The molecule has 0 aliphatic carbocycles. The maximum atomic E-state index is 12.5. The molecular formula is C14H10ClNO4. The van der Waals surface area contributed by atoms with E-state index in [1.165, 1.54) is 17.2 Å². The van der Waals surface area contributed by atoms with Crippen molar-refractivity contribution in [2.75, 3.05) is 4.90 Å². The number of nitrogens with zero attached hydrogens (tertiary/aromatic N) is 1. The van der Waals surface area contributed by atoms with Gasteiger partial charge in [0.05, 0.1) is 11.8 Å². The fourth-order valence-corrected chi connectivity index (χ4v) is 2.61. The molecule has 2 aromatic rings. The van der Waals surface area contributed by atoms with Crippen molar-refractivity contribution in [3.63, 3.8) is 0 Å². The van der Waals surface area contributed by atoms with E-state index < -0.39 is 17.9 Å². The summed E-state index contributed by atoms with van der Waals surface area (Å²) in [5.74, 6) is -1.52. The SMILES string of the molecule is O=C(O)[C@@H]1Cc2ccccc2N1C(=O)c1ccoc1Cl. The normalized spacial score (nSPS) is 17.1. The first-order chi connectivity index (χ1) is 9.59. The number of para-hydroxylation sites is 1. The van der Waals surface area contributed by atoms with Gasteiger partial charge in [-0.25, -0.2) is 4.79 Å². The Morgan fingerprint density at radius 3 is 2.70 bits per heavy atom. The van der Waals surface area contributed by atoms with E-state index in [0.717, 1.165) is 5.56 Å². The van der Waals surface area contributed by atoms with Gasteiger partial charge in [-0.15, -0.1) is 0 Å². The Morgan fingerprint density at radius 1 is 1.30 bits per heavy atom. The number of carbonyl (C=O) groups is 2. The topological polar surface area (TPSA) is 70.8 Å². The van der Waals surface area contributed by atoms with E-state index >= 15 is 0 Å². The molecule has 1 amide bonds. The van der Waals surface area contributed by atoms with Gasteiger partial charge in [-0.1, -0.05) is 18.2 Å². The summed E-state index contributed by atoms with van der Waals surface area (Å²) in [6.45, 7) is 0. The van der Waals surface area contributed by atoms with Gasteiger partial charge < -0.3 is 9.52 Å². The van der Waals surface area contributed by atoms with Crippen molar-refractivity contribution in [1.29, 1.82) is 0 Å². The first-order valence-corrected chi connectivity index (χ1v) is 6.34. The van der Waals surface area contributed by atoms with E-state index in [0.29, 0.717) is 5.69 Å². The maximum Gasteiger partial charge on any atom is 0.327 e. The molecule has 1 atom stereocenters. The summed E-state index contributed by atoms with van der Waals surface area (Å²) in [5, 5.41) is 9.28. The number of carboxylic acid groups (broad SMARTS) is 1. The Hall–Kier alpha value is -2.27. The highest BCUT2D eigenvalue weighted by molar-refractivity contribution is 6.33. The molecule has 0 spiro atoms. The van der Waals surface area contributed by atoms with Gasteiger partial charge in [-0.05, 0) is 29.3 Å². The second-order valence-electron chi connectivity index (χ2n) is 4.47. The maximum absolute atomic E-state index is 12.5. The first-order valence-electron chi connectivity index (χ1n) is 5.97. The van der Waals surface area contributed by atoms with Crippen LogP contribution in [0.1, 0.15) is 15.9 Å². The average Bonchev–Trinajstić information content (AvgIpc) is 3.01. The van der Waals surface area contributed by atoms with E-state index in [4.69, 9.17) is 16.0 Å². The van der Waals surface area contributed by atoms with Gasteiger partial charge in [0, 0.05) is 12.1 Å². The van der Waals surface area contributed by atoms with Gasteiger partial charge in [0.15, 0.2) is 0 Å². The monoisotopic (exact) mass is 291 g/mol. The smallest absolute Gasteiger partial charge is 0.327 e. The van der Waals surface area contributed by atoms with Crippen molar-refractivity contribution < 1.29 is 19.1 Å². The van der Waals surface area contributed by atoms with E-state index in [-0.39, 0.29) is 17.2 Å². The standard InChI is InChI=1S/C14H10ClNO4/c15-12-9(5-6-20-12)13(17)16-10-4-2-1-3-8(10)7-11(16)14(18)19/h1-6,11H,7H2,(H,18,19)/t11-/m0/s1. The summed E-state index contributed by atoms with van der Waals surface area (Å²) < 4.78 is 4.90. The van der Waals surface area contributed by atoms with Crippen LogP contribution in [0.3, 0.4) is 0 Å². The molecule has 5 nitrogen and oxygen atoms in total.